The molecule has 5 aromatic rings. The predicted octanol–water partition coefficient (Wildman–Crippen LogP) is 6.52. The number of para-hydroxylation sites is 1. The van der Waals surface area contributed by atoms with Gasteiger partial charge < -0.3 is 19.2 Å². The Morgan fingerprint density at radius 2 is 1.66 bits per heavy atom. The van der Waals surface area contributed by atoms with E-state index in [1.807, 2.05) is 42.5 Å². The number of anilines is 1. The third-order valence-corrected chi connectivity index (χ3v) is 7.01. The number of fused-ring (bicyclic) bond motifs is 2. The van der Waals surface area contributed by atoms with E-state index in [2.05, 4.69) is 26.6 Å². The number of carbonyl (C=O) groups is 1. The molecular formula is C29H21BrN2O5S. The molecule has 0 unspecified atom stereocenters. The SMILES string of the molecule is COc1ccc(-c2cc3ccccc3oc2=O)cc1NC(=S)NC(=O)c1cc2ccccc2c(Br)c1OC. The lowest BCUT2D eigenvalue weighted by Gasteiger charge is -2.16. The van der Waals surface area contributed by atoms with Gasteiger partial charge in [-0.15, -0.1) is 0 Å². The number of benzene rings is 4. The minimum Gasteiger partial charge on any atom is -0.495 e. The van der Waals surface area contributed by atoms with Gasteiger partial charge in [-0.25, -0.2) is 4.79 Å². The summed E-state index contributed by atoms with van der Waals surface area (Å²) in [6, 6.07) is 23.6. The Kier molecular flexibility index (Phi) is 7.13. The standard InChI is InChI=1S/C29H21BrN2O5S/c1-35-24-12-11-17(20-14-18-8-4-6-10-23(18)37-28(20)34)15-22(24)31-29(38)32-27(33)21-13-16-7-3-5-9-19(16)25(30)26(21)36-2/h3-15H,1-2H3,(H2,31,32,33,38). The molecule has 1 heterocycles. The molecule has 0 radical (unpaired) electrons. The van der Waals surface area contributed by atoms with Crippen LogP contribution in [0.5, 0.6) is 11.5 Å². The molecule has 4 aromatic carbocycles. The summed E-state index contributed by atoms with van der Waals surface area (Å²) in [6.07, 6.45) is 0. The van der Waals surface area contributed by atoms with Crippen molar-refractivity contribution in [1.82, 2.24) is 5.32 Å². The molecule has 5 rings (SSSR count). The normalized spacial score (nSPS) is 10.8. The first-order valence-corrected chi connectivity index (χ1v) is 12.7. The Hall–Kier alpha value is -4.21. The molecule has 0 aliphatic carbocycles. The number of nitrogens with one attached hydrogen (secondary N) is 2. The molecule has 0 saturated carbocycles. The third kappa shape index (κ3) is 4.85. The van der Waals surface area contributed by atoms with Crippen LogP contribution in [-0.4, -0.2) is 25.2 Å². The maximum absolute atomic E-state index is 13.2. The first-order chi connectivity index (χ1) is 18.4. The zero-order chi connectivity index (χ0) is 26.8. The van der Waals surface area contributed by atoms with Crippen molar-refractivity contribution in [3.05, 3.63) is 99.3 Å². The Bertz CT molecular complexity index is 1780. The summed E-state index contributed by atoms with van der Waals surface area (Å²) < 4.78 is 17.1. The number of hydrogen-bond donors (Lipinski definition) is 2. The fourth-order valence-corrected chi connectivity index (χ4v) is 5.15. The number of ether oxygens (including phenoxy) is 2. The van der Waals surface area contributed by atoms with Gasteiger partial charge in [0.2, 0.25) is 0 Å². The summed E-state index contributed by atoms with van der Waals surface area (Å²) in [4.78, 5) is 25.9. The van der Waals surface area contributed by atoms with E-state index in [1.54, 1.807) is 36.4 Å². The highest BCUT2D eigenvalue weighted by molar-refractivity contribution is 9.10. The molecule has 0 spiro atoms. The fraction of sp³-hybridized carbons (Fsp3) is 0.0690. The quantitative estimate of drug-likeness (QED) is 0.178. The van der Waals surface area contributed by atoms with E-state index in [1.165, 1.54) is 14.2 Å². The zero-order valence-corrected chi connectivity index (χ0v) is 22.7. The van der Waals surface area contributed by atoms with Crippen molar-refractivity contribution in [1.29, 1.82) is 0 Å². The monoisotopic (exact) mass is 588 g/mol. The number of thiocarbonyl (C=S) groups is 1. The molecule has 38 heavy (non-hydrogen) atoms. The summed E-state index contributed by atoms with van der Waals surface area (Å²) in [5.41, 5.74) is 1.81. The fourth-order valence-electron chi connectivity index (χ4n) is 4.21. The molecule has 2 N–H and O–H groups in total. The van der Waals surface area contributed by atoms with E-state index in [4.69, 9.17) is 26.1 Å². The number of carbonyl (C=O) groups excluding carboxylic acids is 1. The largest absolute Gasteiger partial charge is 0.495 e. The van der Waals surface area contributed by atoms with Gasteiger partial charge in [0.05, 0.1) is 35.5 Å². The summed E-state index contributed by atoms with van der Waals surface area (Å²) in [7, 11) is 3.02. The lowest BCUT2D eigenvalue weighted by atomic mass is 10.0. The molecule has 0 saturated heterocycles. The van der Waals surface area contributed by atoms with Crippen LogP contribution in [0.25, 0.3) is 32.9 Å². The molecule has 0 bridgehead atoms. The zero-order valence-electron chi connectivity index (χ0n) is 20.3. The van der Waals surface area contributed by atoms with Crippen molar-refractivity contribution in [2.75, 3.05) is 19.5 Å². The summed E-state index contributed by atoms with van der Waals surface area (Å²) in [5.74, 6) is 0.421. The van der Waals surface area contributed by atoms with E-state index in [0.717, 1.165) is 16.2 Å². The third-order valence-electron chi connectivity index (χ3n) is 6.02. The van der Waals surface area contributed by atoms with Gasteiger partial charge in [0.1, 0.15) is 17.1 Å². The lowest BCUT2D eigenvalue weighted by Crippen LogP contribution is -2.34. The maximum atomic E-state index is 13.2. The second-order valence-electron chi connectivity index (χ2n) is 8.30. The molecule has 1 aromatic heterocycles. The first-order valence-electron chi connectivity index (χ1n) is 11.5. The Balaban J connectivity index is 1.43. The van der Waals surface area contributed by atoms with Gasteiger partial charge in [0, 0.05) is 5.39 Å². The number of rotatable bonds is 5. The maximum Gasteiger partial charge on any atom is 0.344 e. The van der Waals surface area contributed by atoms with E-state index in [9.17, 15) is 9.59 Å². The highest BCUT2D eigenvalue weighted by atomic mass is 79.9. The summed E-state index contributed by atoms with van der Waals surface area (Å²) in [5, 5.41) is 8.34. The molecule has 0 fully saturated rings. The Labute approximate surface area is 231 Å². The van der Waals surface area contributed by atoms with Crippen molar-refractivity contribution in [3.8, 4) is 22.6 Å². The van der Waals surface area contributed by atoms with Gasteiger partial charge in [-0.1, -0.05) is 48.5 Å². The van der Waals surface area contributed by atoms with Gasteiger partial charge in [-0.3, -0.25) is 10.1 Å². The van der Waals surface area contributed by atoms with Gasteiger partial charge in [-0.2, -0.15) is 0 Å². The van der Waals surface area contributed by atoms with E-state index < -0.39 is 11.5 Å². The van der Waals surface area contributed by atoms with Gasteiger partial charge in [0.25, 0.3) is 5.91 Å². The molecule has 190 valence electrons. The van der Waals surface area contributed by atoms with Crippen molar-refractivity contribution >= 4 is 66.6 Å². The topological polar surface area (TPSA) is 89.8 Å². The summed E-state index contributed by atoms with van der Waals surface area (Å²) in [6.45, 7) is 0. The second-order valence-corrected chi connectivity index (χ2v) is 9.50. The molecule has 0 aliphatic rings. The highest BCUT2D eigenvalue weighted by Crippen LogP contribution is 2.36. The van der Waals surface area contributed by atoms with Crippen LogP contribution in [0.3, 0.4) is 0 Å². The molecule has 1 amide bonds. The molecule has 0 atom stereocenters. The van der Waals surface area contributed by atoms with Crippen LogP contribution in [0.15, 0.2) is 92.5 Å². The molecule has 9 heteroatoms. The molecular weight excluding hydrogens is 568 g/mol. The van der Waals surface area contributed by atoms with Crippen LogP contribution in [0.1, 0.15) is 10.4 Å². The van der Waals surface area contributed by atoms with Crippen molar-refractivity contribution in [2.24, 2.45) is 0 Å². The van der Waals surface area contributed by atoms with Gasteiger partial charge >= 0.3 is 5.63 Å². The van der Waals surface area contributed by atoms with Gasteiger partial charge in [-0.05, 0) is 74.8 Å². The van der Waals surface area contributed by atoms with Crippen molar-refractivity contribution < 1.29 is 18.7 Å². The predicted molar refractivity (Wildman–Crippen MR) is 156 cm³/mol. The smallest absolute Gasteiger partial charge is 0.344 e. The Morgan fingerprint density at radius 3 is 2.42 bits per heavy atom. The van der Waals surface area contributed by atoms with Crippen LogP contribution in [0.2, 0.25) is 0 Å². The minimum absolute atomic E-state index is 0.0438. The van der Waals surface area contributed by atoms with E-state index in [0.29, 0.717) is 43.9 Å². The van der Waals surface area contributed by atoms with E-state index >= 15 is 0 Å². The average Bonchev–Trinajstić information content (AvgIpc) is 2.92. The number of methoxy groups -OCH3 is 2. The van der Waals surface area contributed by atoms with Crippen LogP contribution < -0.4 is 25.7 Å². The average molecular weight is 589 g/mol. The molecule has 7 nitrogen and oxygen atoms in total. The number of hydrogen-bond acceptors (Lipinski definition) is 6. The lowest BCUT2D eigenvalue weighted by molar-refractivity contribution is 0.0975. The highest BCUT2D eigenvalue weighted by Gasteiger charge is 2.20. The van der Waals surface area contributed by atoms with Gasteiger partial charge in [0.15, 0.2) is 5.11 Å². The second kappa shape index (κ2) is 10.6. The number of amides is 1. The van der Waals surface area contributed by atoms with Crippen LogP contribution in [0.4, 0.5) is 5.69 Å². The van der Waals surface area contributed by atoms with Crippen molar-refractivity contribution in [2.45, 2.75) is 0 Å². The Morgan fingerprint density at radius 1 is 0.921 bits per heavy atom. The van der Waals surface area contributed by atoms with Crippen LogP contribution in [-0.2, 0) is 0 Å². The summed E-state index contributed by atoms with van der Waals surface area (Å²) >= 11 is 8.99. The van der Waals surface area contributed by atoms with Crippen molar-refractivity contribution in [3.63, 3.8) is 0 Å². The van der Waals surface area contributed by atoms with E-state index in [-0.39, 0.29) is 5.11 Å². The van der Waals surface area contributed by atoms with Crippen LogP contribution in [0, 0.1) is 0 Å². The first kappa shape index (κ1) is 25.4. The number of halogens is 1. The minimum atomic E-state index is -0.468. The molecule has 0 aliphatic heterocycles. The van der Waals surface area contributed by atoms with Crippen LogP contribution >= 0.6 is 28.1 Å².